The van der Waals surface area contributed by atoms with Crippen molar-refractivity contribution in [2.45, 2.75) is 6.04 Å². The van der Waals surface area contributed by atoms with Gasteiger partial charge >= 0.3 is 0 Å². The number of piperazine rings is 1. The Balaban J connectivity index is 1.93. The number of amides is 2. The molecule has 1 saturated heterocycles. The van der Waals surface area contributed by atoms with E-state index in [-0.39, 0.29) is 11.8 Å². The number of hydrogen-bond acceptors (Lipinski definition) is 4. The Kier molecular flexibility index (Phi) is 4.23. The van der Waals surface area contributed by atoms with Gasteiger partial charge < -0.3 is 15.0 Å². The number of methoxy groups -OCH3 is 1. The number of carbonyl (C=O) groups is 2. The molecule has 1 aromatic heterocycles. The van der Waals surface area contributed by atoms with Gasteiger partial charge in [-0.3, -0.25) is 14.6 Å². The van der Waals surface area contributed by atoms with E-state index in [1.165, 1.54) is 0 Å². The predicted octanol–water partition coefficient (Wildman–Crippen LogP) is 1.40. The summed E-state index contributed by atoms with van der Waals surface area (Å²) < 4.78 is 5.14. The van der Waals surface area contributed by atoms with Crippen molar-refractivity contribution < 1.29 is 14.3 Å². The number of rotatable bonds is 3. The Labute approximate surface area is 134 Å². The Morgan fingerprint density at radius 2 is 1.91 bits per heavy atom. The van der Waals surface area contributed by atoms with Gasteiger partial charge in [-0.25, -0.2) is 0 Å². The largest absolute Gasteiger partial charge is 0.497 e. The minimum Gasteiger partial charge on any atom is -0.497 e. The molecule has 1 aliphatic rings. The molecule has 0 bridgehead atoms. The number of carbonyl (C=O) groups excluding carboxylic acids is 2. The maximum atomic E-state index is 12.7. The van der Waals surface area contributed by atoms with Crippen LogP contribution in [-0.4, -0.2) is 41.9 Å². The molecule has 2 amide bonds. The molecule has 0 saturated carbocycles. The summed E-state index contributed by atoms with van der Waals surface area (Å²) in [5.74, 6) is 0.351. The highest BCUT2D eigenvalue weighted by Crippen LogP contribution is 2.26. The molecule has 118 valence electrons. The molecular weight excluding hydrogens is 294 g/mol. The highest BCUT2D eigenvalue weighted by Gasteiger charge is 2.34. The van der Waals surface area contributed by atoms with Gasteiger partial charge in [0.15, 0.2) is 0 Å². The van der Waals surface area contributed by atoms with Crippen LogP contribution < -0.4 is 10.1 Å². The van der Waals surface area contributed by atoms with Crippen LogP contribution in [0, 0.1) is 0 Å². The number of ether oxygens (including phenoxy) is 1. The molecule has 3 rings (SSSR count). The van der Waals surface area contributed by atoms with Gasteiger partial charge in [0.2, 0.25) is 5.91 Å². The standard InChI is InChI=1S/C17H17N3O3/c1-23-14-4-2-12(3-5-14)15-16(21)19-10-11-20(15)17(22)13-6-8-18-9-7-13/h2-9,15H,10-11H2,1H3,(H,19,21). The second-order valence-electron chi connectivity index (χ2n) is 5.20. The Bertz CT molecular complexity index is 701. The number of nitrogens with zero attached hydrogens (tertiary/aromatic N) is 2. The molecule has 0 radical (unpaired) electrons. The lowest BCUT2D eigenvalue weighted by atomic mass is 10.0. The maximum Gasteiger partial charge on any atom is 0.254 e. The highest BCUT2D eigenvalue weighted by molar-refractivity contribution is 5.98. The number of aromatic nitrogens is 1. The Morgan fingerprint density at radius 3 is 2.57 bits per heavy atom. The van der Waals surface area contributed by atoms with Gasteiger partial charge in [0, 0.05) is 31.0 Å². The zero-order valence-corrected chi connectivity index (χ0v) is 12.7. The first-order valence-electron chi connectivity index (χ1n) is 7.33. The van der Waals surface area contributed by atoms with Crippen LogP contribution in [-0.2, 0) is 4.79 Å². The van der Waals surface area contributed by atoms with E-state index in [2.05, 4.69) is 10.3 Å². The number of benzene rings is 1. The van der Waals surface area contributed by atoms with E-state index in [4.69, 9.17) is 4.74 Å². The first-order chi connectivity index (χ1) is 11.2. The van der Waals surface area contributed by atoms with Crippen LogP contribution in [0.3, 0.4) is 0 Å². The van der Waals surface area contributed by atoms with Gasteiger partial charge in [-0.15, -0.1) is 0 Å². The minimum atomic E-state index is -0.643. The smallest absolute Gasteiger partial charge is 0.254 e. The molecule has 0 spiro atoms. The summed E-state index contributed by atoms with van der Waals surface area (Å²) in [6.45, 7) is 0.909. The summed E-state index contributed by atoms with van der Waals surface area (Å²) >= 11 is 0. The highest BCUT2D eigenvalue weighted by atomic mass is 16.5. The van der Waals surface area contributed by atoms with Gasteiger partial charge in [-0.2, -0.15) is 0 Å². The van der Waals surface area contributed by atoms with Crippen LogP contribution in [0.5, 0.6) is 5.75 Å². The molecular formula is C17H17N3O3. The van der Waals surface area contributed by atoms with Crippen LogP contribution >= 0.6 is 0 Å². The lowest BCUT2D eigenvalue weighted by Gasteiger charge is -2.35. The zero-order chi connectivity index (χ0) is 16.2. The summed E-state index contributed by atoms with van der Waals surface area (Å²) in [6.07, 6.45) is 3.14. The van der Waals surface area contributed by atoms with E-state index in [1.54, 1.807) is 60.8 Å². The van der Waals surface area contributed by atoms with Crippen molar-refractivity contribution >= 4 is 11.8 Å². The van der Waals surface area contributed by atoms with Crippen molar-refractivity contribution in [3.05, 3.63) is 59.9 Å². The molecule has 1 fully saturated rings. The average Bonchev–Trinajstić information content (AvgIpc) is 2.62. The van der Waals surface area contributed by atoms with Gasteiger partial charge in [0.1, 0.15) is 11.8 Å². The first-order valence-corrected chi connectivity index (χ1v) is 7.33. The summed E-state index contributed by atoms with van der Waals surface area (Å²) in [5.41, 5.74) is 1.28. The second-order valence-corrected chi connectivity index (χ2v) is 5.20. The summed E-state index contributed by atoms with van der Waals surface area (Å²) in [6, 6.07) is 9.84. The number of nitrogens with one attached hydrogen (secondary N) is 1. The quantitative estimate of drug-likeness (QED) is 0.930. The SMILES string of the molecule is COc1ccc(C2C(=O)NCCN2C(=O)c2ccncc2)cc1. The molecule has 6 heteroatoms. The molecule has 0 aliphatic carbocycles. The van der Waals surface area contributed by atoms with Crippen molar-refractivity contribution in [1.82, 2.24) is 15.2 Å². The van der Waals surface area contributed by atoms with Gasteiger partial charge in [0.05, 0.1) is 7.11 Å². The lowest BCUT2D eigenvalue weighted by Crippen LogP contribution is -2.52. The predicted molar refractivity (Wildman–Crippen MR) is 84.0 cm³/mol. The fraction of sp³-hybridized carbons (Fsp3) is 0.235. The van der Waals surface area contributed by atoms with Gasteiger partial charge in [-0.05, 0) is 29.8 Å². The third-order valence-electron chi connectivity index (χ3n) is 3.83. The number of hydrogen-bond donors (Lipinski definition) is 1. The van der Waals surface area contributed by atoms with Crippen LogP contribution in [0.2, 0.25) is 0 Å². The minimum absolute atomic E-state index is 0.177. The van der Waals surface area contributed by atoms with E-state index < -0.39 is 6.04 Å². The molecule has 6 nitrogen and oxygen atoms in total. The van der Waals surface area contributed by atoms with Gasteiger partial charge in [0.25, 0.3) is 5.91 Å². The topological polar surface area (TPSA) is 71.5 Å². The zero-order valence-electron chi connectivity index (χ0n) is 12.7. The third kappa shape index (κ3) is 3.01. The molecule has 1 aliphatic heterocycles. The molecule has 1 N–H and O–H groups in total. The Morgan fingerprint density at radius 1 is 1.22 bits per heavy atom. The fourth-order valence-corrected chi connectivity index (χ4v) is 2.66. The van der Waals surface area contributed by atoms with Gasteiger partial charge in [-0.1, -0.05) is 12.1 Å². The third-order valence-corrected chi connectivity index (χ3v) is 3.83. The van der Waals surface area contributed by atoms with Crippen LogP contribution in [0.15, 0.2) is 48.8 Å². The Hall–Kier alpha value is -2.89. The van der Waals surface area contributed by atoms with E-state index in [1.807, 2.05) is 0 Å². The normalized spacial score (nSPS) is 17.5. The van der Waals surface area contributed by atoms with Crippen LogP contribution in [0.4, 0.5) is 0 Å². The summed E-state index contributed by atoms with van der Waals surface area (Å²) in [4.78, 5) is 30.6. The maximum absolute atomic E-state index is 12.7. The number of pyridine rings is 1. The van der Waals surface area contributed by atoms with Crippen molar-refractivity contribution in [3.8, 4) is 5.75 Å². The fourth-order valence-electron chi connectivity index (χ4n) is 2.66. The second kappa shape index (κ2) is 6.48. The van der Waals surface area contributed by atoms with E-state index in [0.29, 0.717) is 24.4 Å². The van der Waals surface area contributed by atoms with E-state index >= 15 is 0 Å². The first kappa shape index (κ1) is 15.0. The van der Waals surface area contributed by atoms with E-state index in [0.717, 1.165) is 5.56 Å². The molecule has 2 heterocycles. The molecule has 23 heavy (non-hydrogen) atoms. The van der Waals surface area contributed by atoms with Crippen LogP contribution in [0.25, 0.3) is 0 Å². The van der Waals surface area contributed by atoms with Crippen molar-refractivity contribution in [2.75, 3.05) is 20.2 Å². The van der Waals surface area contributed by atoms with Crippen molar-refractivity contribution in [2.24, 2.45) is 0 Å². The molecule has 1 aromatic carbocycles. The van der Waals surface area contributed by atoms with Crippen LogP contribution in [0.1, 0.15) is 22.0 Å². The van der Waals surface area contributed by atoms with Crippen molar-refractivity contribution in [3.63, 3.8) is 0 Å². The molecule has 1 atom stereocenters. The molecule has 1 unspecified atom stereocenters. The summed E-state index contributed by atoms with van der Waals surface area (Å²) in [5, 5.41) is 2.82. The lowest BCUT2D eigenvalue weighted by molar-refractivity contribution is -0.128. The summed E-state index contributed by atoms with van der Waals surface area (Å²) in [7, 11) is 1.58. The van der Waals surface area contributed by atoms with Crippen molar-refractivity contribution in [1.29, 1.82) is 0 Å². The average molecular weight is 311 g/mol. The molecule has 2 aromatic rings. The monoisotopic (exact) mass is 311 g/mol. The van der Waals surface area contributed by atoms with E-state index in [9.17, 15) is 9.59 Å².